The molecule has 6 rings (SSSR count). The lowest BCUT2D eigenvalue weighted by Gasteiger charge is -2.45. The van der Waals surface area contributed by atoms with Crippen molar-refractivity contribution in [3.05, 3.63) is 118 Å². The first-order chi connectivity index (χ1) is 21.1. The maximum Gasteiger partial charge on any atom is 0.431 e. The second-order valence-corrected chi connectivity index (χ2v) is 12.1. The lowest BCUT2D eigenvalue weighted by atomic mass is 9.72. The highest BCUT2D eigenvalue weighted by atomic mass is 19.4. The minimum Gasteiger partial charge on any atom is -0.322 e. The highest BCUT2D eigenvalue weighted by molar-refractivity contribution is 6.06. The fourth-order valence-electron chi connectivity index (χ4n) is 7.36. The van der Waals surface area contributed by atoms with Gasteiger partial charge in [0.2, 0.25) is 0 Å². The topological polar surface area (TPSA) is 75.4 Å². The summed E-state index contributed by atoms with van der Waals surface area (Å²) < 4.78 is 57.9. The van der Waals surface area contributed by atoms with Crippen LogP contribution in [0.4, 0.5) is 22.4 Å². The van der Waals surface area contributed by atoms with Gasteiger partial charge in [0.05, 0.1) is 23.2 Å². The first-order valence-corrected chi connectivity index (χ1v) is 14.9. The van der Waals surface area contributed by atoms with Gasteiger partial charge in [-0.05, 0) is 50.0 Å². The minimum atomic E-state index is -4.85. The number of hydrogen-bond acceptors (Lipinski definition) is 4. The minimum absolute atomic E-state index is 0.0389. The van der Waals surface area contributed by atoms with Crippen molar-refractivity contribution in [3.8, 4) is 0 Å². The molecule has 2 aliphatic heterocycles. The molecule has 0 saturated carbocycles. The van der Waals surface area contributed by atoms with Gasteiger partial charge in [-0.1, -0.05) is 66.7 Å². The van der Waals surface area contributed by atoms with Gasteiger partial charge >= 0.3 is 12.2 Å². The van der Waals surface area contributed by atoms with E-state index in [1.165, 1.54) is 0 Å². The van der Waals surface area contributed by atoms with E-state index >= 15 is 4.39 Å². The zero-order valence-electron chi connectivity index (χ0n) is 24.2. The van der Waals surface area contributed by atoms with Gasteiger partial charge in [-0.2, -0.15) is 13.2 Å². The molecule has 1 saturated heterocycles. The van der Waals surface area contributed by atoms with Crippen LogP contribution in [0, 0.1) is 11.2 Å². The second kappa shape index (κ2) is 11.6. The number of carbonyl (C=O) groups excluding carboxylic acids is 2. The Hall–Kier alpha value is -3.86. The molecule has 1 fully saturated rings. The lowest BCUT2D eigenvalue weighted by molar-refractivity contribution is -0.845. The van der Waals surface area contributed by atoms with Crippen LogP contribution in [-0.2, 0) is 24.1 Å². The summed E-state index contributed by atoms with van der Waals surface area (Å²) in [6, 6.07) is 19.5. The van der Waals surface area contributed by atoms with Crippen LogP contribution < -0.4 is 11.1 Å². The Balaban J connectivity index is 1.57. The maximum atomic E-state index is 15.5. The van der Waals surface area contributed by atoms with Gasteiger partial charge in [-0.25, -0.2) is 18.6 Å². The number of imide groups is 1. The lowest BCUT2D eigenvalue weighted by Crippen LogP contribution is -2.63. The molecular weight excluding hydrogens is 572 g/mol. The number of nitrogens with two attached hydrogens (primary N) is 1. The average molecular weight is 608 g/mol. The fraction of sp³-hybridized carbons (Fsp3) is 0.353. The zero-order valence-corrected chi connectivity index (χ0v) is 24.2. The highest BCUT2D eigenvalue weighted by Crippen LogP contribution is 2.55. The Morgan fingerprint density at radius 3 is 2.20 bits per heavy atom. The molecule has 3 amide bonds. The number of piperidine rings is 1. The molecule has 0 bridgehead atoms. The number of allylic oxidation sites excluding steroid dienone is 1. The van der Waals surface area contributed by atoms with Crippen LogP contribution in [0.1, 0.15) is 54.0 Å². The molecular formula is C34H35F4N4O2+. The number of fused-ring (bicyclic) bond motifs is 1. The molecule has 44 heavy (non-hydrogen) atoms. The van der Waals surface area contributed by atoms with E-state index < -0.39 is 57.5 Å². The number of alkyl halides is 3. The van der Waals surface area contributed by atoms with Crippen molar-refractivity contribution in [1.29, 1.82) is 0 Å². The van der Waals surface area contributed by atoms with Gasteiger partial charge in [-0.15, -0.1) is 0 Å². The van der Waals surface area contributed by atoms with E-state index in [9.17, 15) is 22.8 Å². The molecule has 3 aliphatic rings. The zero-order chi connectivity index (χ0) is 31.1. The molecule has 3 aromatic carbocycles. The Morgan fingerprint density at radius 1 is 0.886 bits per heavy atom. The molecule has 10 heteroatoms. The van der Waals surface area contributed by atoms with E-state index in [-0.39, 0.29) is 13.1 Å². The third kappa shape index (κ3) is 5.25. The van der Waals surface area contributed by atoms with Crippen LogP contribution in [0.5, 0.6) is 0 Å². The predicted molar refractivity (Wildman–Crippen MR) is 157 cm³/mol. The number of halogens is 4. The summed E-state index contributed by atoms with van der Waals surface area (Å²) in [7, 11) is 0. The molecule has 2 heterocycles. The largest absolute Gasteiger partial charge is 0.431 e. The number of carbonyl (C=O) groups is 2. The first-order valence-electron chi connectivity index (χ1n) is 14.9. The summed E-state index contributed by atoms with van der Waals surface area (Å²) in [6.45, 7) is 0.554. The molecule has 1 aliphatic carbocycles. The third-order valence-electron chi connectivity index (χ3n) is 9.55. The molecule has 3 N–H and O–H groups in total. The number of urea groups is 1. The number of nitrogens with zero attached hydrogens (tertiary/aromatic N) is 2. The number of benzene rings is 3. The van der Waals surface area contributed by atoms with Crippen LogP contribution in [0.15, 0.2) is 90.1 Å². The van der Waals surface area contributed by atoms with Gasteiger partial charge in [0.15, 0.2) is 0 Å². The van der Waals surface area contributed by atoms with Gasteiger partial charge < -0.3 is 11.1 Å². The number of nitrogens with one attached hydrogen (secondary N) is 1. The molecule has 6 nitrogen and oxygen atoms in total. The van der Waals surface area contributed by atoms with E-state index in [4.69, 9.17) is 5.73 Å². The van der Waals surface area contributed by atoms with Crippen molar-refractivity contribution in [2.24, 2.45) is 11.1 Å². The SMILES string of the molecule is NC(CN1C(=O)C2=C(CCC23CCNCC3)[N@@+](Cc2ccccc2)(Cc2c(F)cccc2C(F)(F)F)C1=O)c1ccccc1. The maximum absolute atomic E-state index is 15.5. The van der Waals surface area contributed by atoms with E-state index in [0.717, 1.165) is 23.1 Å². The smallest absolute Gasteiger partial charge is 0.322 e. The van der Waals surface area contributed by atoms with Crippen LogP contribution in [0.3, 0.4) is 0 Å². The number of quaternary nitrogens is 1. The molecule has 0 aromatic heterocycles. The van der Waals surface area contributed by atoms with Crippen molar-refractivity contribution in [2.75, 3.05) is 19.6 Å². The predicted octanol–water partition coefficient (Wildman–Crippen LogP) is 6.44. The number of hydrogen-bond donors (Lipinski definition) is 2. The third-order valence-corrected chi connectivity index (χ3v) is 9.55. The van der Waals surface area contributed by atoms with Gasteiger partial charge in [0.25, 0.3) is 5.91 Å². The summed E-state index contributed by atoms with van der Waals surface area (Å²) in [5.41, 5.74) is 6.69. The summed E-state index contributed by atoms with van der Waals surface area (Å²) in [5.74, 6) is -1.48. The Bertz CT molecular complexity index is 1590. The van der Waals surface area contributed by atoms with Crippen LogP contribution in [0.25, 0.3) is 0 Å². The highest BCUT2D eigenvalue weighted by Gasteiger charge is 2.61. The van der Waals surface area contributed by atoms with Gasteiger partial charge in [-0.3, -0.25) is 4.79 Å². The molecule has 1 unspecified atom stereocenters. The normalized spacial score (nSPS) is 22.4. The van der Waals surface area contributed by atoms with Crippen molar-refractivity contribution < 1.29 is 31.6 Å². The van der Waals surface area contributed by atoms with Crippen LogP contribution in [-0.4, -0.2) is 41.0 Å². The van der Waals surface area contributed by atoms with Gasteiger partial charge in [0, 0.05) is 23.4 Å². The Kier molecular flexibility index (Phi) is 7.94. The first kappa shape index (κ1) is 30.2. The van der Waals surface area contributed by atoms with Gasteiger partial charge in [0.1, 0.15) is 24.6 Å². The van der Waals surface area contributed by atoms with Crippen LogP contribution >= 0.6 is 0 Å². The fourth-order valence-corrected chi connectivity index (χ4v) is 7.36. The number of rotatable bonds is 7. The van der Waals surface area contributed by atoms with E-state index in [2.05, 4.69) is 5.32 Å². The Labute approximate surface area is 253 Å². The standard InChI is InChI=1S/C34H35F4N4O2/c35-27-13-7-12-26(34(36,37)38)25(27)22-42(21-23-8-3-1-4-9-23)29-14-15-33(16-18-40-19-17-33)30(29)31(43)41(32(42)44)20-28(39)24-10-5-2-6-11-24/h1-13,28,40H,14-22,39H2/q+1/t28?,42-/m1/s1. The van der Waals surface area contributed by atoms with E-state index in [1.807, 2.05) is 24.3 Å². The van der Waals surface area contributed by atoms with Crippen molar-refractivity contribution in [2.45, 2.75) is 51.0 Å². The van der Waals surface area contributed by atoms with Crippen molar-refractivity contribution in [3.63, 3.8) is 0 Å². The number of amides is 3. The average Bonchev–Trinajstić information content (AvgIpc) is 3.38. The second-order valence-electron chi connectivity index (χ2n) is 12.1. The van der Waals surface area contributed by atoms with Crippen molar-refractivity contribution in [1.82, 2.24) is 10.2 Å². The molecule has 0 radical (unpaired) electrons. The summed E-state index contributed by atoms with van der Waals surface area (Å²) >= 11 is 0. The van der Waals surface area contributed by atoms with Crippen molar-refractivity contribution >= 4 is 11.9 Å². The summed E-state index contributed by atoms with van der Waals surface area (Å²) in [5, 5.41) is 3.34. The van der Waals surface area contributed by atoms with E-state index in [1.54, 1.807) is 36.4 Å². The van der Waals surface area contributed by atoms with E-state index in [0.29, 0.717) is 61.2 Å². The monoisotopic (exact) mass is 607 g/mol. The summed E-state index contributed by atoms with van der Waals surface area (Å²) in [6.07, 6.45) is -2.59. The molecule has 3 aromatic rings. The molecule has 2 atom stereocenters. The van der Waals surface area contributed by atoms with Crippen LogP contribution in [0.2, 0.25) is 0 Å². The summed E-state index contributed by atoms with van der Waals surface area (Å²) in [4.78, 5) is 30.5. The quantitative estimate of drug-likeness (QED) is 0.240. The molecule has 230 valence electrons. The Morgan fingerprint density at radius 2 is 1.55 bits per heavy atom. The molecule has 1 spiro atoms.